The average molecular weight is 388 g/mol. The number of aromatic nitrogens is 4. The number of anilines is 1. The number of aromatic amines is 1. The van der Waals surface area contributed by atoms with Gasteiger partial charge in [-0.25, -0.2) is 10.1 Å². The molecular formula is C21H20N6O2. The van der Waals surface area contributed by atoms with E-state index < -0.39 is 0 Å². The number of carbonyl (C=O) groups excluding carboxylic acids is 1. The lowest BCUT2D eigenvalue weighted by Crippen LogP contribution is -2.34. The Labute approximate surface area is 167 Å². The topological polar surface area (TPSA) is 95.1 Å². The van der Waals surface area contributed by atoms with Crippen molar-refractivity contribution in [1.82, 2.24) is 25.1 Å². The minimum absolute atomic E-state index is 0.130. The van der Waals surface area contributed by atoms with Crippen LogP contribution in [0.5, 0.6) is 0 Å². The summed E-state index contributed by atoms with van der Waals surface area (Å²) < 4.78 is 0. The first-order chi connectivity index (χ1) is 14.2. The first-order valence-electron chi connectivity index (χ1n) is 9.65. The summed E-state index contributed by atoms with van der Waals surface area (Å²) in [6.07, 6.45) is 3.65. The number of nitrogens with zero attached hydrogens (tertiary/aromatic N) is 5. The Kier molecular flexibility index (Phi) is 4.31. The molecule has 0 saturated carbocycles. The van der Waals surface area contributed by atoms with E-state index >= 15 is 0 Å². The molecule has 29 heavy (non-hydrogen) atoms. The molecule has 0 bridgehead atoms. The number of fused-ring (bicyclic) bond motifs is 1. The van der Waals surface area contributed by atoms with Crippen molar-refractivity contribution >= 4 is 11.7 Å². The highest BCUT2D eigenvalue weighted by Gasteiger charge is 2.42. The summed E-state index contributed by atoms with van der Waals surface area (Å²) >= 11 is 0. The molecule has 2 atom stereocenters. The zero-order chi connectivity index (χ0) is 19.8. The van der Waals surface area contributed by atoms with Gasteiger partial charge in [-0.3, -0.25) is 14.6 Å². The molecule has 1 aromatic carbocycles. The fourth-order valence-corrected chi connectivity index (χ4v) is 4.21. The number of amides is 1. The fourth-order valence-electron chi connectivity index (χ4n) is 4.21. The molecule has 0 aliphatic carbocycles. The van der Waals surface area contributed by atoms with Gasteiger partial charge in [-0.15, -0.1) is 0 Å². The van der Waals surface area contributed by atoms with Crippen LogP contribution in [0.25, 0.3) is 11.3 Å². The summed E-state index contributed by atoms with van der Waals surface area (Å²) in [5.74, 6) is 1.54. The molecule has 2 aromatic heterocycles. The molecule has 146 valence electrons. The van der Waals surface area contributed by atoms with E-state index in [-0.39, 0.29) is 17.2 Å². The van der Waals surface area contributed by atoms with Crippen molar-refractivity contribution in [2.24, 2.45) is 11.8 Å². The molecule has 3 aromatic rings. The number of carbonyl (C=O) groups is 1. The molecule has 0 spiro atoms. The summed E-state index contributed by atoms with van der Waals surface area (Å²) in [5, 5.41) is 6.18. The lowest BCUT2D eigenvalue weighted by Gasteiger charge is -2.22. The lowest BCUT2D eigenvalue weighted by atomic mass is 10.0. The summed E-state index contributed by atoms with van der Waals surface area (Å²) in [5.41, 5.74) is 1.88. The molecule has 2 saturated heterocycles. The van der Waals surface area contributed by atoms with Gasteiger partial charge in [0, 0.05) is 49.6 Å². The van der Waals surface area contributed by atoms with Crippen LogP contribution < -0.4 is 10.5 Å². The first-order valence-corrected chi connectivity index (χ1v) is 9.65. The van der Waals surface area contributed by atoms with Crippen LogP contribution in [0.2, 0.25) is 0 Å². The highest BCUT2D eigenvalue weighted by atomic mass is 16.2. The molecule has 2 aliphatic heterocycles. The lowest BCUT2D eigenvalue weighted by molar-refractivity contribution is 0.0775. The Bertz CT molecular complexity index is 1050. The van der Waals surface area contributed by atoms with Crippen LogP contribution in [0.1, 0.15) is 10.5 Å². The summed E-state index contributed by atoms with van der Waals surface area (Å²) in [6, 6.07) is 12.8. The maximum atomic E-state index is 12.6. The molecule has 0 radical (unpaired) electrons. The summed E-state index contributed by atoms with van der Waals surface area (Å²) in [7, 11) is 0. The van der Waals surface area contributed by atoms with Crippen LogP contribution >= 0.6 is 0 Å². The van der Waals surface area contributed by atoms with Gasteiger partial charge in [0.15, 0.2) is 0 Å². The van der Waals surface area contributed by atoms with Crippen LogP contribution in [0.4, 0.5) is 5.82 Å². The molecule has 2 unspecified atom stereocenters. The van der Waals surface area contributed by atoms with E-state index in [1.54, 1.807) is 0 Å². The molecule has 2 aliphatic rings. The van der Waals surface area contributed by atoms with Gasteiger partial charge in [-0.1, -0.05) is 30.3 Å². The van der Waals surface area contributed by atoms with E-state index in [2.05, 4.69) is 25.1 Å². The van der Waals surface area contributed by atoms with Crippen molar-refractivity contribution in [3.63, 3.8) is 0 Å². The third-order valence-electron chi connectivity index (χ3n) is 5.70. The van der Waals surface area contributed by atoms with Crippen LogP contribution in [0, 0.1) is 11.8 Å². The number of rotatable bonds is 3. The Morgan fingerprint density at radius 2 is 1.69 bits per heavy atom. The van der Waals surface area contributed by atoms with E-state index in [1.807, 2.05) is 47.6 Å². The van der Waals surface area contributed by atoms with Crippen LogP contribution in [-0.2, 0) is 0 Å². The van der Waals surface area contributed by atoms with Gasteiger partial charge in [0.25, 0.3) is 11.5 Å². The van der Waals surface area contributed by atoms with Crippen molar-refractivity contribution in [2.45, 2.75) is 0 Å². The van der Waals surface area contributed by atoms with E-state index in [9.17, 15) is 9.59 Å². The minimum Gasteiger partial charge on any atom is -0.355 e. The molecular weight excluding hydrogens is 368 g/mol. The van der Waals surface area contributed by atoms with E-state index in [4.69, 9.17) is 0 Å². The molecule has 8 heteroatoms. The predicted octanol–water partition coefficient (Wildman–Crippen LogP) is 1.44. The molecule has 4 heterocycles. The second-order valence-corrected chi connectivity index (χ2v) is 7.57. The normalized spacial score (nSPS) is 20.7. The van der Waals surface area contributed by atoms with Gasteiger partial charge >= 0.3 is 0 Å². The molecule has 1 N–H and O–H groups in total. The van der Waals surface area contributed by atoms with Crippen molar-refractivity contribution in [2.75, 3.05) is 31.1 Å². The fraction of sp³-hybridized carbons (Fsp3) is 0.286. The highest BCUT2D eigenvalue weighted by molar-refractivity contribution is 5.92. The Morgan fingerprint density at radius 1 is 0.931 bits per heavy atom. The second-order valence-electron chi connectivity index (χ2n) is 7.57. The quantitative estimate of drug-likeness (QED) is 0.729. The largest absolute Gasteiger partial charge is 0.355 e. The maximum Gasteiger partial charge on any atom is 0.274 e. The van der Waals surface area contributed by atoms with E-state index in [0.717, 1.165) is 30.2 Å². The number of hydrogen-bond donors (Lipinski definition) is 1. The number of likely N-dealkylation sites (tertiary alicyclic amines) is 1. The van der Waals surface area contributed by atoms with Crippen LogP contribution in [0.3, 0.4) is 0 Å². The predicted molar refractivity (Wildman–Crippen MR) is 107 cm³/mol. The molecule has 1 amide bonds. The standard InChI is InChI=1S/C21H20N6O2/c28-20-7-6-17(24-25-20)21(29)27-12-15-10-26(11-16(15)13-27)19-9-22-18(8-23-19)14-4-2-1-3-5-14/h1-9,15-16H,10-13H2,(H,25,28). The van der Waals surface area contributed by atoms with Crippen molar-refractivity contribution in [3.05, 3.63) is 70.9 Å². The van der Waals surface area contributed by atoms with Crippen molar-refractivity contribution in [1.29, 1.82) is 0 Å². The second kappa shape index (κ2) is 7.12. The molecule has 8 nitrogen and oxygen atoms in total. The number of H-pyrrole nitrogens is 1. The summed E-state index contributed by atoms with van der Waals surface area (Å²) in [6.45, 7) is 3.09. The maximum absolute atomic E-state index is 12.6. The third-order valence-corrected chi connectivity index (χ3v) is 5.70. The number of nitrogens with one attached hydrogen (secondary N) is 1. The van der Waals surface area contributed by atoms with Gasteiger partial charge in [0.1, 0.15) is 11.5 Å². The monoisotopic (exact) mass is 388 g/mol. The van der Waals surface area contributed by atoms with Crippen LogP contribution in [0.15, 0.2) is 59.7 Å². The van der Waals surface area contributed by atoms with E-state index in [0.29, 0.717) is 24.9 Å². The van der Waals surface area contributed by atoms with E-state index in [1.165, 1.54) is 12.1 Å². The highest BCUT2D eigenvalue weighted by Crippen LogP contribution is 2.33. The molecule has 2 fully saturated rings. The van der Waals surface area contributed by atoms with Gasteiger partial charge in [0.2, 0.25) is 0 Å². The van der Waals surface area contributed by atoms with Crippen molar-refractivity contribution < 1.29 is 4.79 Å². The average Bonchev–Trinajstić information content (AvgIpc) is 3.34. The van der Waals surface area contributed by atoms with Crippen molar-refractivity contribution in [3.8, 4) is 11.3 Å². The Morgan fingerprint density at radius 3 is 2.31 bits per heavy atom. The van der Waals surface area contributed by atoms with Gasteiger partial charge in [-0.05, 0) is 6.07 Å². The SMILES string of the molecule is O=C(c1ccc(=O)[nH]n1)N1CC2CN(c3cnc(-c4ccccc4)cn3)CC2C1. The zero-order valence-electron chi connectivity index (χ0n) is 15.7. The minimum atomic E-state index is -0.310. The first kappa shape index (κ1) is 17.5. The third kappa shape index (κ3) is 3.37. The van der Waals surface area contributed by atoms with Gasteiger partial charge in [-0.2, -0.15) is 5.10 Å². The smallest absolute Gasteiger partial charge is 0.274 e. The number of hydrogen-bond acceptors (Lipinski definition) is 6. The van der Waals surface area contributed by atoms with Crippen LogP contribution in [-0.4, -0.2) is 57.2 Å². The van der Waals surface area contributed by atoms with Gasteiger partial charge < -0.3 is 9.80 Å². The van der Waals surface area contributed by atoms with Gasteiger partial charge in [0.05, 0.1) is 18.1 Å². The zero-order valence-corrected chi connectivity index (χ0v) is 15.7. The Balaban J connectivity index is 1.24. The number of benzene rings is 1. The molecule has 5 rings (SSSR count). The Hall–Kier alpha value is -3.55. The summed E-state index contributed by atoms with van der Waals surface area (Å²) in [4.78, 5) is 37.0.